The summed E-state index contributed by atoms with van der Waals surface area (Å²) in [6, 6.07) is 39.9. The Bertz CT molecular complexity index is 3080. The quantitative estimate of drug-likeness (QED) is 0.0730. The van der Waals surface area contributed by atoms with Crippen molar-refractivity contribution in [1.82, 2.24) is 9.13 Å². The third-order valence-corrected chi connectivity index (χ3v) is 10.5. The number of aromatic nitrogens is 2. The Labute approximate surface area is 370 Å². The first kappa shape index (κ1) is 45.1. The molecule has 0 saturated heterocycles. The number of para-hydroxylation sites is 2. The summed E-state index contributed by atoms with van der Waals surface area (Å²) in [5, 5.41) is 44.7. The molecule has 2 aromatic heterocycles. The molecule has 0 aliphatic heterocycles. The molecular formula is C52H46N6O6. The summed E-state index contributed by atoms with van der Waals surface area (Å²) in [6.07, 6.45) is 6.26. The van der Waals surface area contributed by atoms with E-state index in [1.165, 1.54) is 12.2 Å². The van der Waals surface area contributed by atoms with E-state index >= 15 is 0 Å². The minimum Gasteiger partial charge on any atom is -0.480 e. The maximum atomic E-state index is 12.9. The molecule has 7 rings (SSSR count). The van der Waals surface area contributed by atoms with E-state index in [0.29, 0.717) is 22.5 Å². The summed E-state index contributed by atoms with van der Waals surface area (Å²) in [6.45, 7) is 9.87. The van der Waals surface area contributed by atoms with Gasteiger partial charge in [-0.05, 0) is 95.6 Å². The molecule has 0 fully saturated rings. The molecule has 0 radical (unpaired) electrons. The zero-order valence-corrected chi connectivity index (χ0v) is 36.0. The molecule has 64 heavy (non-hydrogen) atoms. The summed E-state index contributed by atoms with van der Waals surface area (Å²) in [5.41, 5.74) is 9.12. The van der Waals surface area contributed by atoms with Gasteiger partial charge >= 0.3 is 11.9 Å². The second kappa shape index (κ2) is 19.5. The Kier molecular flexibility index (Phi) is 13.7. The minimum absolute atomic E-state index is 0.00439. The Morgan fingerprint density at radius 1 is 0.625 bits per heavy atom. The molecule has 0 atom stereocenters. The van der Waals surface area contributed by atoms with Crippen LogP contribution in [0.4, 0.5) is 11.4 Å². The van der Waals surface area contributed by atoms with Crippen LogP contribution >= 0.6 is 0 Å². The van der Waals surface area contributed by atoms with Crippen LogP contribution in [0.3, 0.4) is 0 Å². The molecule has 2 amide bonds. The normalized spacial score (nSPS) is 11.5. The summed E-state index contributed by atoms with van der Waals surface area (Å²) in [5.74, 6) is -2.98. The van der Waals surface area contributed by atoms with Gasteiger partial charge in [0.05, 0.1) is 0 Å². The van der Waals surface area contributed by atoms with Gasteiger partial charge < -0.3 is 30.0 Å². The van der Waals surface area contributed by atoms with Gasteiger partial charge in [0.15, 0.2) is 0 Å². The molecular weight excluding hydrogens is 805 g/mol. The molecule has 320 valence electrons. The zero-order valence-electron chi connectivity index (χ0n) is 36.0. The first-order valence-electron chi connectivity index (χ1n) is 20.3. The van der Waals surface area contributed by atoms with Gasteiger partial charge in [0, 0.05) is 56.7 Å². The van der Waals surface area contributed by atoms with Gasteiger partial charge in [-0.25, -0.2) is 0 Å². The number of anilines is 2. The van der Waals surface area contributed by atoms with Gasteiger partial charge in [-0.2, -0.15) is 10.5 Å². The van der Waals surface area contributed by atoms with E-state index in [1.807, 2.05) is 110 Å². The number of carbonyl (C=O) groups excluding carboxylic acids is 2. The third kappa shape index (κ3) is 10.7. The fraction of sp³-hybridized carbons (Fsp3) is 0.154. The average Bonchev–Trinajstić information content (AvgIpc) is 3.78. The second-order valence-corrected chi connectivity index (χ2v) is 16.2. The van der Waals surface area contributed by atoms with E-state index in [-0.39, 0.29) is 29.7 Å². The fourth-order valence-corrected chi connectivity index (χ4v) is 7.25. The van der Waals surface area contributed by atoms with Crippen molar-refractivity contribution in [3.05, 3.63) is 167 Å². The van der Waals surface area contributed by atoms with Gasteiger partial charge in [-0.3, -0.25) is 19.2 Å². The molecule has 0 unspecified atom stereocenters. The minimum atomic E-state index is -0.973. The second-order valence-electron chi connectivity index (χ2n) is 16.2. The lowest BCUT2D eigenvalue weighted by molar-refractivity contribution is -0.138. The number of nitriles is 2. The maximum Gasteiger partial charge on any atom is 0.323 e. The number of fused-ring (bicyclic) bond motifs is 2. The number of aliphatic carboxylic acids is 2. The van der Waals surface area contributed by atoms with Crippen LogP contribution in [-0.2, 0) is 37.7 Å². The first-order valence-corrected chi connectivity index (χ1v) is 20.3. The topological polar surface area (TPSA) is 190 Å². The van der Waals surface area contributed by atoms with E-state index in [0.717, 1.165) is 49.6 Å². The van der Waals surface area contributed by atoms with Crippen molar-refractivity contribution in [3.63, 3.8) is 0 Å². The molecule has 7 aromatic rings. The van der Waals surface area contributed by atoms with Crippen molar-refractivity contribution in [3.8, 4) is 23.3 Å². The molecule has 5 aromatic carbocycles. The van der Waals surface area contributed by atoms with E-state index in [9.17, 15) is 34.8 Å². The number of nitrogens with one attached hydrogen (secondary N) is 2. The highest BCUT2D eigenvalue weighted by Crippen LogP contribution is 2.29. The highest BCUT2D eigenvalue weighted by atomic mass is 16.4. The van der Waals surface area contributed by atoms with Crippen LogP contribution in [0.1, 0.15) is 48.6 Å². The zero-order chi connectivity index (χ0) is 46.1. The number of amides is 2. The molecule has 0 aliphatic rings. The molecule has 12 nitrogen and oxygen atoms in total. The standard InChI is InChI=1S/C28H23N3O3.C24H23N3O3/c1-18-7-3-4-8-23(18)20-11-12-25(19(2)13-20)30-28(34)21(15-29)14-22-16-31(17-27(32)33)26-10-6-5-9-24(22)26;1-24(2,3)18-8-10-19(11-9-18)26-23(30)16(13-25)12-17-14-27(15-22(28)29)21-7-5-4-6-20(17)21/h3-14,16H,17H2,1-2H3,(H,30,34)(H,32,33);4-12,14H,15H2,1-3H3,(H,26,30)(H,28,29)/b21-14+;16-12+. The van der Waals surface area contributed by atoms with Crippen LogP contribution in [-0.4, -0.2) is 43.1 Å². The fourth-order valence-electron chi connectivity index (χ4n) is 7.25. The third-order valence-electron chi connectivity index (χ3n) is 10.5. The molecule has 0 aliphatic carbocycles. The smallest absolute Gasteiger partial charge is 0.323 e. The van der Waals surface area contributed by atoms with Crippen LogP contribution in [0.5, 0.6) is 0 Å². The number of aryl methyl sites for hydroxylation is 2. The number of hydrogen-bond acceptors (Lipinski definition) is 6. The van der Waals surface area contributed by atoms with Crippen molar-refractivity contribution in [1.29, 1.82) is 10.5 Å². The number of carboxylic acid groups (broad SMARTS) is 2. The highest BCUT2D eigenvalue weighted by molar-refractivity contribution is 6.12. The summed E-state index contributed by atoms with van der Waals surface area (Å²) in [4.78, 5) is 47.9. The molecule has 0 spiro atoms. The Balaban J connectivity index is 0.000000214. The molecule has 2 heterocycles. The first-order chi connectivity index (χ1) is 30.6. The molecule has 12 heteroatoms. The van der Waals surface area contributed by atoms with Crippen molar-refractivity contribution < 1.29 is 29.4 Å². The predicted octanol–water partition coefficient (Wildman–Crippen LogP) is 10.1. The Hall–Kier alpha value is -8.48. The number of carbonyl (C=O) groups is 4. The highest BCUT2D eigenvalue weighted by Gasteiger charge is 2.18. The van der Waals surface area contributed by atoms with Crippen LogP contribution in [0.25, 0.3) is 45.1 Å². The van der Waals surface area contributed by atoms with Gasteiger partial charge in [-0.15, -0.1) is 0 Å². The SMILES string of the molecule is CC(C)(C)c1ccc(NC(=O)/C(C#N)=C/c2cn(CC(=O)O)c3ccccc23)cc1.Cc1cc(-c2ccccc2C)ccc1NC(=O)/C(C#N)=C/c1cn(CC(=O)O)c2ccccc12. The summed E-state index contributed by atoms with van der Waals surface area (Å²) < 4.78 is 3.17. The van der Waals surface area contributed by atoms with Gasteiger partial charge in [0.25, 0.3) is 11.8 Å². The predicted molar refractivity (Wildman–Crippen MR) is 250 cm³/mol. The van der Waals surface area contributed by atoms with Crippen LogP contribution < -0.4 is 10.6 Å². The average molecular weight is 851 g/mol. The Morgan fingerprint density at radius 3 is 1.58 bits per heavy atom. The summed E-state index contributed by atoms with van der Waals surface area (Å²) in [7, 11) is 0. The van der Waals surface area contributed by atoms with Crippen molar-refractivity contribution in [2.45, 2.75) is 53.1 Å². The van der Waals surface area contributed by atoms with E-state index in [1.54, 1.807) is 33.7 Å². The van der Waals surface area contributed by atoms with Gasteiger partial charge in [0.2, 0.25) is 0 Å². The van der Waals surface area contributed by atoms with E-state index < -0.39 is 23.8 Å². The summed E-state index contributed by atoms with van der Waals surface area (Å²) >= 11 is 0. The van der Waals surface area contributed by atoms with Crippen molar-refractivity contribution in [2.24, 2.45) is 0 Å². The maximum absolute atomic E-state index is 12.9. The van der Waals surface area contributed by atoms with E-state index in [2.05, 4.69) is 50.5 Å². The molecule has 0 saturated carbocycles. The largest absolute Gasteiger partial charge is 0.480 e. The molecule has 4 N–H and O–H groups in total. The number of benzene rings is 5. The van der Waals surface area contributed by atoms with Gasteiger partial charge in [-0.1, -0.05) is 99.6 Å². The lowest BCUT2D eigenvalue weighted by Crippen LogP contribution is -2.14. The van der Waals surface area contributed by atoms with Gasteiger partial charge in [0.1, 0.15) is 36.4 Å². The van der Waals surface area contributed by atoms with E-state index in [4.69, 9.17) is 5.11 Å². The van der Waals surface area contributed by atoms with Crippen LogP contribution in [0, 0.1) is 36.5 Å². The van der Waals surface area contributed by atoms with Crippen molar-refractivity contribution >= 4 is 69.1 Å². The number of carboxylic acids is 2. The number of hydrogen-bond donors (Lipinski definition) is 4. The lowest BCUT2D eigenvalue weighted by Gasteiger charge is -2.19. The van der Waals surface area contributed by atoms with Crippen LogP contribution in [0.15, 0.2) is 139 Å². The number of nitrogens with zero attached hydrogens (tertiary/aromatic N) is 4. The Morgan fingerprint density at radius 2 is 1.11 bits per heavy atom. The monoisotopic (exact) mass is 850 g/mol. The lowest BCUT2D eigenvalue weighted by atomic mass is 9.87. The van der Waals surface area contributed by atoms with Crippen molar-refractivity contribution in [2.75, 3.05) is 10.6 Å². The molecule has 0 bridgehead atoms. The van der Waals surface area contributed by atoms with Crippen LogP contribution in [0.2, 0.25) is 0 Å². The number of rotatable bonds is 11.